The van der Waals surface area contributed by atoms with Crippen LogP contribution >= 0.6 is 0 Å². The summed E-state index contributed by atoms with van der Waals surface area (Å²) in [7, 11) is 0. The van der Waals surface area contributed by atoms with E-state index >= 15 is 0 Å². The molecule has 0 bridgehead atoms. The molecule has 1 heterocycles. The first-order chi connectivity index (χ1) is 12.9. The lowest BCUT2D eigenvalue weighted by Gasteiger charge is -2.44. The Labute approximate surface area is 157 Å². The fourth-order valence-corrected chi connectivity index (χ4v) is 3.68. The third kappa shape index (κ3) is 2.89. The second-order valence-electron chi connectivity index (χ2n) is 7.44. The molecule has 2 aliphatic rings. The van der Waals surface area contributed by atoms with Gasteiger partial charge in [0, 0.05) is 17.7 Å². The molecule has 0 spiro atoms. The van der Waals surface area contributed by atoms with Crippen LogP contribution in [0.2, 0.25) is 0 Å². The molecule has 2 N–H and O–H groups in total. The number of carbonyl (C=O) groups is 2. The maximum absolute atomic E-state index is 13.1. The molecule has 0 amide bonds. The molecule has 27 heavy (non-hydrogen) atoms. The Hall–Kier alpha value is -2.76. The number of ketones is 2. The van der Waals surface area contributed by atoms with Crippen LogP contribution in [-0.2, 0) is 11.3 Å². The molecule has 2 aromatic rings. The Bertz CT molecular complexity index is 946. The normalized spacial score (nSPS) is 23.5. The minimum Gasteiger partial charge on any atom is -0.480 e. The van der Waals surface area contributed by atoms with E-state index in [2.05, 4.69) is 5.32 Å². The van der Waals surface area contributed by atoms with Gasteiger partial charge in [0.2, 0.25) is 5.78 Å². The zero-order chi connectivity index (χ0) is 19.2. The first-order valence-corrected chi connectivity index (χ1v) is 8.97. The minimum atomic E-state index is -1.00. The van der Waals surface area contributed by atoms with Gasteiger partial charge in [-0.05, 0) is 19.4 Å². The van der Waals surface area contributed by atoms with Gasteiger partial charge >= 0.3 is 0 Å². The van der Waals surface area contributed by atoms with E-state index in [0.717, 1.165) is 5.56 Å². The Morgan fingerprint density at radius 1 is 0.963 bits per heavy atom. The molecule has 0 radical (unpaired) electrons. The van der Waals surface area contributed by atoms with Gasteiger partial charge in [-0.25, -0.2) is 0 Å². The van der Waals surface area contributed by atoms with Gasteiger partial charge in [-0.15, -0.1) is 0 Å². The standard InChI is InChI=1S/C22H21NO4/c1-22(2)21(26)17(23-12-13-8-4-3-5-9-13)16-18(24)14-10-6-7-11-15(14)19(25)20(16)27-22/h3-11,17,21,23,26H,12H2,1-2H3/t17-,21-/m1/s1. The van der Waals surface area contributed by atoms with E-state index in [1.165, 1.54) is 0 Å². The first kappa shape index (κ1) is 17.6. The van der Waals surface area contributed by atoms with Gasteiger partial charge in [0.1, 0.15) is 11.7 Å². The van der Waals surface area contributed by atoms with E-state index in [-0.39, 0.29) is 22.9 Å². The van der Waals surface area contributed by atoms with Crippen molar-refractivity contribution in [2.24, 2.45) is 0 Å². The van der Waals surface area contributed by atoms with Crippen LogP contribution in [0, 0.1) is 0 Å². The molecule has 4 rings (SSSR count). The molecule has 2 aromatic carbocycles. The summed E-state index contributed by atoms with van der Waals surface area (Å²) in [6, 6.07) is 15.7. The number of ether oxygens (including phenoxy) is 1. The van der Waals surface area contributed by atoms with Crippen LogP contribution < -0.4 is 5.32 Å². The van der Waals surface area contributed by atoms with Crippen molar-refractivity contribution < 1.29 is 19.4 Å². The van der Waals surface area contributed by atoms with E-state index in [0.29, 0.717) is 17.7 Å². The van der Waals surface area contributed by atoms with Gasteiger partial charge < -0.3 is 15.2 Å². The zero-order valence-corrected chi connectivity index (χ0v) is 15.2. The molecule has 2 atom stereocenters. The summed E-state index contributed by atoms with van der Waals surface area (Å²) in [6.07, 6.45) is -0.984. The van der Waals surface area contributed by atoms with Gasteiger partial charge in [-0.1, -0.05) is 54.6 Å². The number of aliphatic hydroxyl groups excluding tert-OH is 1. The number of allylic oxidation sites excluding steroid dienone is 1. The van der Waals surface area contributed by atoms with E-state index in [4.69, 9.17) is 4.74 Å². The van der Waals surface area contributed by atoms with Crippen molar-refractivity contribution in [2.45, 2.75) is 38.1 Å². The highest BCUT2D eigenvalue weighted by molar-refractivity contribution is 6.26. The summed E-state index contributed by atoms with van der Waals surface area (Å²) in [5.74, 6) is -0.549. The number of aliphatic hydroxyl groups is 1. The highest BCUT2D eigenvalue weighted by atomic mass is 16.5. The van der Waals surface area contributed by atoms with Crippen molar-refractivity contribution in [3.63, 3.8) is 0 Å². The number of fused-ring (bicyclic) bond motifs is 1. The van der Waals surface area contributed by atoms with Crippen molar-refractivity contribution in [2.75, 3.05) is 0 Å². The molecule has 1 aliphatic heterocycles. The molecule has 0 unspecified atom stereocenters. The van der Waals surface area contributed by atoms with E-state index in [1.807, 2.05) is 30.3 Å². The Kier molecular flexibility index (Phi) is 4.21. The van der Waals surface area contributed by atoms with Crippen molar-refractivity contribution in [3.05, 3.63) is 82.6 Å². The van der Waals surface area contributed by atoms with Crippen LogP contribution in [-0.4, -0.2) is 34.4 Å². The number of hydrogen-bond donors (Lipinski definition) is 2. The van der Waals surface area contributed by atoms with Crippen molar-refractivity contribution in [1.29, 1.82) is 0 Å². The molecular formula is C22H21NO4. The summed E-state index contributed by atoms with van der Waals surface area (Å²) in [5, 5.41) is 14.1. The topological polar surface area (TPSA) is 75.6 Å². The Morgan fingerprint density at radius 2 is 1.56 bits per heavy atom. The maximum Gasteiger partial charge on any atom is 0.228 e. The Morgan fingerprint density at radius 3 is 2.22 bits per heavy atom. The summed E-state index contributed by atoms with van der Waals surface area (Å²) in [6.45, 7) is 3.90. The number of carbonyl (C=O) groups excluding carboxylic acids is 2. The predicted molar refractivity (Wildman–Crippen MR) is 100 cm³/mol. The third-order valence-corrected chi connectivity index (χ3v) is 5.18. The number of hydrogen-bond acceptors (Lipinski definition) is 5. The quantitative estimate of drug-likeness (QED) is 0.877. The fraction of sp³-hybridized carbons (Fsp3) is 0.273. The molecule has 0 aromatic heterocycles. The molecule has 1 aliphatic carbocycles. The van der Waals surface area contributed by atoms with Crippen LogP contribution in [0.25, 0.3) is 0 Å². The monoisotopic (exact) mass is 363 g/mol. The first-order valence-electron chi connectivity index (χ1n) is 8.97. The largest absolute Gasteiger partial charge is 0.480 e. The number of rotatable bonds is 3. The van der Waals surface area contributed by atoms with Crippen LogP contribution in [0.15, 0.2) is 65.9 Å². The van der Waals surface area contributed by atoms with Gasteiger partial charge in [0.25, 0.3) is 0 Å². The van der Waals surface area contributed by atoms with Gasteiger partial charge in [0.05, 0.1) is 11.6 Å². The van der Waals surface area contributed by atoms with Gasteiger partial charge in [-0.2, -0.15) is 0 Å². The van der Waals surface area contributed by atoms with Crippen molar-refractivity contribution in [3.8, 4) is 0 Å². The van der Waals surface area contributed by atoms with Crippen LogP contribution in [0.4, 0.5) is 0 Å². The number of nitrogens with one attached hydrogen (secondary N) is 1. The molecule has 5 heteroatoms. The third-order valence-electron chi connectivity index (χ3n) is 5.18. The minimum absolute atomic E-state index is 0.0413. The summed E-state index contributed by atoms with van der Waals surface area (Å²) >= 11 is 0. The smallest absolute Gasteiger partial charge is 0.228 e. The predicted octanol–water partition coefficient (Wildman–Crippen LogP) is 2.65. The average Bonchev–Trinajstić information content (AvgIpc) is 2.67. The molecule has 0 fully saturated rings. The van der Waals surface area contributed by atoms with Gasteiger partial charge in [0.15, 0.2) is 11.5 Å². The summed E-state index contributed by atoms with van der Waals surface area (Å²) < 4.78 is 5.83. The highest BCUT2D eigenvalue weighted by Crippen LogP contribution is 2.38. The van der Waals surface area contributed by atoms with E-state index in [1.54, 1.807) is 38.1 Å². The summed E-state index contributed by atoms with van der Waals surface area (Å²) in [4.78, 5) is 26.1. The SMILES string of the molecule is CC1(C)OC2=C(C(=O)c3ccccc3C2=O)[C@@H](NCc2ccccc2)[C@H]1O. The lowest BCUT2D eigenvalue weighted by atomic mass is 9.78. The molecular weight excluding hydrogens is 342 g/mol. The highest BCUT2D eigenvalue weighted by Gasteiger charge is 2.50. The van der Waals surface area contributed by atoms with E-state index < -0.39 is 17.7 Å². The maximum atomic E-state index is 13.1. The zero-order valence-electron chi connectivity index (χ0n) is 15.2. The molecule has 5 nitrogen and oxygen atoms in total. The molecule has 0 saturated heterocycles. The van der Waals surface area contributed by atoms with Crippen molar-refractivity contribution in [1.82, 2.24) is 5.32 Å². The van der Waals surface area contributed by atoms with E-state index in [9.17, 15) is 14.7 Å². The van der Waals surface area contributed by atoms with Crippen molar-refractivity contribution >= 4 is 11.6 Å². The number of benzene rings is 2. The van der Waals surface area contributed by atoms with Crippen LogP contribution in [0.5, 0.6) is 0 Å². The second-order valence-corrected chi connectivity index (χ2v) is 7.44. The fourth-order valence-electron chi connectivity index (χ4n) is 3.68. The number of Topliss-reactive ketones (excluding diaryl/α,β-unsaturated/α-hetero) is 2. The van der Waals surface area contributed by atoms with Gasteiger partial charge in [-0.3, -0.25) is 9.59 Å². The molecule has 0 saturated carbocycles. The lowest BCUT2D eigenvalue weighted by molar-refractivity contribution is -0.0923. The second kappa shape index (κ2) is 6.44. The lowest BCUT2D eigenvalue weighted by Crippen LogP contribution is -2.58. The molecule has 138 valence electrons. The average molecular weight is 363 g/mol. The summed E-state index contributed by atoms with van der Waals surface area (Å²) in [5.41, 5.74) is 0.918. The van der Waals surface area contributed by atoms with Crippen LogP contribution in [0.3, 0.4) is 0 Å². The van der Waals surface area contributed by atoms with Crippen LogP contribution in [0.1, 0.15) is 40.1 Å². The Balaban J connectivity index is 1.76.